The number of benzene rings is 1. The molecule has 0 saturated heterocycles. The number of hydrogen-bond donors (Lipinski definition) is 1. The third-order valence-corrected chi connectivity index (χ3v) is 4.73. The van der Waals surface area contributed by atoms with Crippen LogP contribution < -0.4 is 5.32 Å². The number of thioether (sulfide) groups is 1. The van der Waals surface area contributed by atoms with Crippen molar-refractivity contribution in [1.82, 2.24) is 19.9 Å². The molecule has 0 aliphatic carbocycles. The maximum Gasteiger partial charge on any atom is 0.220 e. The number of hydrogen-bond acceptors (Lipinski definition) is 4. The number of fused-ring (bicyclic) bond motifs is 1. The van der Waals surface area contributed by atoms with E-state index in [1.807, 2.05) is 59.1 Å². The van der Waals surface area contributed by atoms with Crippen LogP contribution in [0.1, 0.15) is 30.3 Å². The van der Waals surface area contributed by atoms with E-state index in [-0.39, 0.29) is 11.9 Å². The molecular weight excluding hydrogens is 332 g/mol. The second-order valence-corrected chi connectivity index (χ2v) is 6.86. The number of amides is 1. The minimum absolute atomic E-state index is 0.0441. The van der Waals surface area contributed by atoms with Gasteiger partial charge in [0.15, 0.2) is 11.5 Å². The topological polar surface area (TPSA) is 59.3 Å². The van der Waals surface area contributed by atoms with Gasteiger partial charge >= 0.3 is 0 Å². The van der Waals surface area contributed by atoms with E-state index < -0.39 is 0 Å². The van der Waals surface area contributed by atoms with Crippen molar-refractivity contribution in [2.45, 2.75) is 25.3 Å². The number of aromatic nitrogens is 3. The molecule has 5 nitrogen and oxygen atoms in total. The van der Waals surface area contributed by atoms with Crippen LogP contribution in [0, 0.1) is 0 Å². The van der Waals surface area contributed by atoms with Crippen molar-refractivity contribution in [3.05, 3.63) is 66.1 Å². The van der Waals surface area contributed by atoms with E-state index in [0.29, 0.717) is 6.42 Å². The molecule has 2 aromatic heterocycles. The van der Waals surface area contributed by atoms with Crippen LogP contribution in [0.5, 0.6) is 0 Å². The predicted octanol–water partition coefficient (Wildman–Crippen LogP) is 3.27. The van der Waals surface area contributed by atoms with E-state index in [0.717, 1.165) is 30.1 Å². The fraction of sp³-hybridized carbons (Fsp3) is 0.316. The zero-order chi connectivity index (χ0) is 17.5. The van der Waals surface area contributed by atoms with Gasteiger partial charge in [0.1, 0.15) is 0 Å². The molecule has 0 radical (unpaired) electrons. The van der Waals surface area contributed by atoms with E-state index in [2.05, 4.69) is 21.8 Å². The van der Waals surface area contributed by atoms with Crippen molar-refractivity contribution in [1.29, 1.82) is 0 Å². The summed E-state index contributed by atoms with van der Waals surface area (Å²) >= 11 is 1.76. The van der Waals surface area contributed by atoms with Crippen molar-refractivity contribution < 1.29 is 4.79 Å². The Labute approximate surface area is 151 Å². The van der Waals surface area contributed by atoms with Gasteiger partial charge in [0, 0.05) is 12.6 Å². The molecule has 6 heteroatoms. The molecule has 1 N–H and O–H groups in total. The highest BCUT2D eigenvalue weighted by Gasteiger charge is 2.19. The van der Waals surface area contributed by atoms with Crippen LogP contribution >= 0.6 is 11.8 Å². The van der Waals surface area contributed by atoms with Crippen LogP contribution in [0.3, 0.4) is 0 Å². The Morgan fingerprint density at radius 3 is 2.76 bits per heavy atom. The molecule has 0 spiro atoms. The number of carbonyl (C=O) groups is 1. The Morgan fingerprint density at radius 2 is 1.96 bits per heavy atom. The average Bonchev–Trinajstić information content (AvgIpc) is 3.08. The lowest BCUT2D eigenvalue weighted by Gasteiger charge is -2.17. The van der Waals surface area contributed by atoms with Crippen molar-refractivity contribution in [2.75, 3.05) is 12.0 Å². The van der Waals surface area contributed by atoms with E-state index in [1.54, 1.807) is 11.8 Å². The molecular formula is C19H22N4OS. The zero-order valence-electron chi connectivity index (χ0n) is 14.3. The lowest BCUT2D eigenvalue weighted by molar-refractivity contribution is -0.121. The fourth-order valence-electron chi connectivity index (χ4n) is 2.77. The largest absolute Gasteiger partial charge is 0.346 e. The number of carbonyl (C=O) groups excluding carboxylic acids is 1. The van der Waals surface area contributed by atoms with Gasteiger partial charge in [-0.3, -0.25) is 9.20 Å². The first-order valence-corrected chi connectivity index (χ1v) is 9.79. The van der Waals surface area contributed by atoms with Gasteiger partial charge < -0.3 is 5.32 Å². The Hall–Kier alpha value is -2.34. The lowest BCUT2D eigenvalue weighted by atomic mass is 10.1. The first-order chi connectivity index (χ1) is 12.3. The molecule has 0 saturated carbocycles. The molecule has 2 heterocycles. The summed E-state index contributed by atoms with van der Waals surface area (Å²) in [6, 6.07) is 15.7. The highest BCUT2D eigenvalue weighted by molar-refractivity contribution is 7.98. The normalized spacial score (nSPS) is 12.2. The van der Waals surface area contributed by atoms with E-state index in [9.17, 15) is 4.79 Å². The summed E-state index contributed by atoms with van der Waals surface area (Å²) in [6.45, 7) is 0. The van der Waals surface area contributed by atoms with E-state index in [1.165, 1.54) is 5.56 Å². The Balaban J connectivity index is 1.69. The molecule has 3 aromatic rings. The highest BCUT2D eigenvalue weighted by atomic mass is 32.2. The molecule has 3 rings (SSSR count). The number of pyridine rings is 1. The fourth-order valence-corrected chi connectivity index (χ4v) is 3.24. The average molecular weight is 354 g/mol. The standard InChI is InChI=1S/C19H22N4OS/c1-25-14-12-16(19-22-21-17-9-5-6-13-23(17)19)20-18(24)11-10-15-7-3-2-4-8-15/h2-9,13,16H,10-12,14H2,1H3,(H,20,24)/t16-/m1/s1. The summed E-state index contributed by atoms with van der Waals surface area (Å²) < 4.78 is 1.95. The number of aryl methyl sites for hydroxylation is 1. The van der Waals surface area contributed by atoms with Crippen molar-refractivity contribution in [2.24, 2.45) is 0 Å². The molecule has 130 valence electrons. The predicted molar refractivity (Wildman–Crippen MR) is 102 cm³/mol. The van der Waals surface area contributed by atoms with Crippen LogP contribution in [0.25, 0.3) is 5.65 Å². The molecule has 1 aromatic carbocycles. The number of nitrogens with one attached hydrogen (secondary N) is 1. The van der Waals surface area contributed by atoms with Gasteiger partial charge in [-0.15, -0.1) is 10.2 Å². The van der Waals surface area contributed by atoms with Gasteiger partial charge in [0.05, 0.1) is 6.04 Å². The minimum Gasteiger partial charge on any atom is -0.346 e. The van der Waals surface area contributed by atoms with Crippen molar-refractivity contribution in [3.8, 4) is 0 Å². The van der Waals surface area contributed by atoms with Crippen LogP contribution in [0.15, 0.2) is 54.7 Å². The van der Waals surface area contributed by atoms with Crippen molar-refractivity contribution >= 4 is 23.3 Å². The van der Waals surface area contributed by atoms with E-state index in [4.69, 9.17) is 0 Å². The molecule has 0 bridgehead atoms. The van der Waals surface area contributed by atoms with E-state index >= 15 is 0 Å². The molecule has 0 aliphatic rings. The summed E-state index contributed by atoms with van der Waals surface area (Å²) in [5.41, 5.74) is 1.97. The monoisotopic (exact) mass is 354 g/mol. The molecule has 0 unspecified atom stereocenters. The highest BCUT2D eigenvalue weighted by Crippen LogP contribution is 2.18. The van der Waals surface area contributed by atoms with Gasteiger partial charge in [-0.1, -0.05) is 36.4 Å². The molecule has 1 atom stereocenters. The summed E-state index contributed by atoms with van der Waals surface area (Å²) in [6.07, 6.45) is 6.04. The first-order valence-electron chi connectivity index (χ1n) is 8.40. The summed E-state index contributed by atoms with van der Waals surface area (Å²) in [7, 11) is 0. The second kappa shape index (κ2) is 8.67. The van der Waals surface area contributed by atoms with Crippen LogP contribution in [-0.4, -0.2) is 32.5 Å². The maximum absolute atomic E-state index is 12.4. The minimum atomic E-state index is -0.131. The van der Waals surface area contributed by atoms with Gasteiger partial charge in [0.2, 0.25) is 5.91 Å². The molecule has 0 fully saturated rings. The Bertz CT molecular complexity index is 818. The zero-order valence-corrected chi connectivity index (χ0v) is 15.1. The lowest BCUT2D eigenvalue weighted by Crippen LogP contribution is -2.30. The quantitative estimate of drug-likeness (QED) is 0.674. The maximum atomic E-state index is 12.4. The molecule has 25 heavy (non-hydrogen) atoms. The number of rotatable bonds is 8. The SMILES string of the molecule is CSCC[C@@H](NC(=O)CCc1ccccc1)c1nnc2ccccn12. The van der Waals surface area contributed by atoms with Gasteiger partial charge in [0.25, 0.3) is 0 Å². The summed E-state index contributed by atoms with van der Waals surface area (Å²) in [5, 5.41) is 11.7. The second-order valence-electron chi connectivity index (χ2n) is 5.87. The molecule has 0 aliphatic heterocycles. The van der Waals surface area contributed by atoms with Crippen LogP contribution in [0.2, 0.25) is 0 Å². The number of nitrogens with zero attached hydrogens (tertiary/aromatic N) is 3. The van der Waals surface area contributed by atoms with Gasteiger partial charge in [-0.25, -0.2) is 0 Å². The van der Waals surface area contributed by atoms with Crippen LogP contribution in [0.4, 0.5) is 0 Å². The smallest absolute Gasteiger partial charge is 0.220 e. The summed E-state index contributed by atoms with van der Waals surface area (Å²) in [4.78, 5) is 12.4. The van der Waals surface area contributed by atoms with Crippen LogP contribution in [-0.2, 0) is 11.2 Å². The Morgan fingerprint density at radius 1 is 1.16 bits per heavy atom. The molecule has 1 amide bonds. The summed E-state index contributed by atoms with van der Waals surface area (Å²) in [5.74, 6) is 1.78. The van der Waals surface area contributed by atoms with Gasteiger partial charge in [-0.2, -0.15) is 11.8 Å². The third kappa shape index (κ3) is 4.60. The first kappa shape index (κ1) is 17.5. The van der Waals surface area contributed by atoms with Crippen molar-refractivity contribution in [3.63, 3.8) is 0 Å². The van der Waals surface area contributed by atoms with Gasteiger partial charge in [-0.05, 0) is 42.5 Å². The Kier molecular flexibility index (Phi) is 6.06. The third-order valence-electron chi connectivity index (χ3n) is 4.08.